The van der Waals surface area contributed by atoms with Gasteiger partial charge in [0.05, 0.1) is 45.6 Å². The Morgan fingerprint density at radius 3 is 1.33 bits per heavy atom. The van der Waals surface area contributed by atoms with Gasteiger partial charge in [-0.1, -0.05) is 211 Å². The van der Waals surface area contributed by atoms with Crippen molar-refractivity contribution >= 4 is 49.3 Å². The first-order chi connectivity index (χ1) is 38.5. The summed E-state index contributed by atoms with van der Waals surface area (Å²) in [4.78, 5) is 20.3. The van der Waals surface area contributed by atoms with E-state index >= 15 is 0 Å². The zero-order valence-corrected chi connectivity index (χ0v) is 42.9. The maximum Gasteiger partial charge on any atom is 0.194 e. The van der Waals surface area contributed by atoms with Gasteiger partial charge in [-0.05, 0) is 107 Å². The molecule has 6 nitrogen and oxygen atoms in total. The summed E-state index contributed by atoms with van der Waals surface area (Å²) in [7, 11) is 0. The topological polar surface area (TPSA) is 52.9 Å². The molecule has 0 N–H and O–H groups in total. The minimum atomic E-state index is 0.526. The van der Waals surface area contributed by atoms with E-state index in [-0.39, 0.29) is 0 Å². The number of fused-ring (bicyclic) bond motifs is 6. The Bertz CT molecular complexity index is 4650. The highest BCUT2D eigenvalue weighted by Gasteiger charge is 2.26. The molecule has 14 rings (SSSR count). The van der Waals surface area contributed by atoms with Crippen LogP contribution in [0.2, 0.25) is 0 Å². The Morgan fingerprint density at radius 1 is 0.308 bits per heavy atom. The van der Waals surface area contributed by atoms with Crippen LogP contribution in [0.5, 0.6) is 0 Å². The van der Waals surface area contributed by atoms with E-state index < -0.39 is 0 Å². The third-order valence-corrected chi connectivity index (χ3v) is 15.1. The van der Waals surface area contributed by atoms with Crippen molar-refractivity contribution in [3.05, 3.63) is 277 Å². The lowest BCUT2D eigenvalue weighted by atomic mass is 9.92. The number of benzene rings is 11. The molecule has 0 aliphatic heterocycles. The van der Waals surface area contributed by atoms with Gasteiger partial charge in [0.15, 0.2) is 23.2 Å². The first-order valence-electron chi connectivity index (χ1n) is 26.3. The van der Waals surface area contributed by atoms with Gasteiger partial charge in [-0.25, -0.2) is 19.8 Å². The zero-order valence-electron chi connectivity index (χ0n) is 42.9. The van der Waals surface area contributed by atoms with Crippen molar-refractivity contribution in [2.24, 2.45) is 0 Å². The lowest BCUT2D eigenvalue weighted by Gasteiger charge is -2.21. The molecule has 3 heterocycles. The van der Waals surface area contributed by atoms with E-state index in [1.54, 1.807) is 0 Å². The molecule has 11 aromatic carbocycles. The van der Waals surface area contributed by atoms with Crippen LogP contribution in [0.1, 0.15) is 11.1 Å². The molecule has 0 bridgehead atoms. The zero-order chi connectivity index (χ0) is 52.3. The lowest BCUT2D eigenvalue weighted by molar-refractivity contribution is 1.06. The molecule has 0 spiro atoms. The fourth-order valence-electron chi connectivity index (χ4n) is 11.5. The molecular weight excluding hydrogens is 949 g/mol. The van der Waals surface area contributed by atoms with Gasteiger partial charge in [-0.3, -0.25) is 0 Å². The van der Waals surface area contributed by atoms with Gasteiger partial charge < -0.3 is 9.13 Å². The monoisotopic (exact) mass is 996 g/mol. The molecule has 0 aliphatic rings. The van der Waals surface area contributed by atoms with Crippen LogP contribution < -0.4 is 0 Å². The standard InChI is InChI=1S/C72H48N6/c1-46-19-16-25-50(41-46)52-35-38-65-59(43-52)56-28-11-14-32-63(56)77(65)67-40-37-54(55-27-10-13-31-62(55)73-3)45-61(67)58-30-18-34-68(69(58)72-75-70(48-21-6-4-7-22-48)74-71(76-72)49-23-8-5-9-24-49)78-64-33-15-12-29-57(64)60-44-53(36-39-66(60)78)51-26-17-20-47(2)42-51/h4-45H,1-2H3. The van der Waals surface area contributed by atoms with Crippen LogP contribution in [0, 0.1) is 20.4 Å². The molecule has 0 saturated carbocycles. The summed E-state index contributed by atoms with van der Waals surface area (Å²) in [5, 5.41) is 4.58. The fraction of sp³-hybridized carbons (Fsp3) is 0.0278. The molecule has 0 saturated heterocycles. The lowest BCUT2D eigenvalue weighted by Crippen LogP contribution is -2.06. The van der Waals surface area contributed by atoms with Crippen molar-refractivity contribution in [2.75, 3.05) is 0 Å². The van der Waals surface area contributed by atoms with E-state index in [4.69, 9.17) is 21.5 Å². The Labute approximate surface area is 452 Å². The van der Waals surface area contributed by atoms with E-state index in [9.17, 15) is 0 Å². The van der Waals surface area contributed by atoms with Gasteiger partial charge >= 0.3 is 0 Å². The van der Waals surface area contributed by atoms with Gasteiger partial charge in [0.2, 0.25) is 0 Å². The van der Waals surface area contributed by atoms with Crippen LogP contribution in [-0.2, 0) is 0 Å². The maximum atomic E-state index is 8.31. The number of nitrogens with zero attached hydrogens (tertiary/aromatic N) is 6. The highest BCUT2D eigenvalue weighted by molar-refractivity contribution is 6.13. The third kappa shape index (κ3) is 7.92. The predicted molar refractivity (Wildman–Crippen MR) is 322 cm³/mol. The van der Waals surface area contributed by atoms with Gasteiger partial charge in [0, 0.05) is 38.2 Å². The summed E-state index contributed by atoms with van der Waals surface area (Å²) >= 11 is 0. The second-order valence-corrected chi connectivity index (χ2v) is 20.0. The Kier molecular flexibility index (Phi) is 11.2. The van der Waals surface area contributed by atoms with E-state index in [1.807, 2.05) is 60.7 Å². The summed E-state index contributed by atoms with van der Waals surface area (Å²) in [5.41, 5.74) is 20.0. The molecule has 0 aliphatic carbocycles. The highest BCUT2D eigenvalue weighted by Crippen LogP contribution is 2.47. The largest absolute Gasteiger partial charge is 0.309 e. The van der Waals surface area contributed by atoms with E-state index in [2.05, 4.69) is 222 Å². The van der Waals surface area contributed by atoms with Crippen molar-refractivity contribution < 1.29 is 0 Å². The van der Waals surface area contributed by atoms with Crippen LogP contribution in [0.3, 0.4) is 0 Å². The van der Waals surface area contributed by atoms with Crippen LogP contribution in [0.4, 0.5) is 5.69 Å². The van der Waals surface area contributed by atoms with Crippen molar-refractivity contribution in [1.29, 1.82) is 0 Å². The Balaban J connectivity index is 1.12. The average molecular weight is 997 g/mol. The molecule has 14 aromatic rings. The van der Waals surface area contributed by atoms with Gasteiger partial charge in [0.25, 0.3) is 0 Å². The first-order valence-corrected chi connectivity index (χ1v) is 26.3. The molecule has 0 fully saturated rings. The molecule has 6 heteroatoms. The second-order valence-electron chi connectivity index (χ2n) is 20.0. The van der Waals surface area contributed by atoms with Gasteiger partial charge in [-0.15, -0.1) is 0 Å². The number of hydrogen-bond acceptors (Lipinski definition) is 3. The van der Waals surface area contributed by atoms with E-state index in [0.29, 0.717) is 23.2 Å². The molecule has 0 unspecified atom stereocenters. The number of hydrogen-bond donors (Lipinski definition) is 0. The molecule has 0 amide bonds. The smallest absolute Gasteiger partial charge is 0.194 e. The fourth-order valence-corrected chi connectivity index (χ4v) is 11.5. The number of rotatable bonds is 9. The Morgan fingerprint density at radius 2 is 0.756 bits per heavy atom. The highest BCUT2D eigenvalue weighted by atomic mass is 15.1. The number of aromatic nitrogens is 5. The predicted octanol–water partition coefficient (Wildman–Crippen LogP) is 18.9. The second kappa shape index (κ2) is 19.0. The molecule has 0 atom stereocenters. The van der Waals surface area contributed by atoms with Crippen molar-refractivity contribution in [3.8, 4) is 90.0 Å². The molecule has 0 radical (unpaired) electrons. The molecule has 3 aromatic heterocycles. The number of aryl methyl sites for hydroxylation is 2. The van der Waals surface area contributed by atoms with E-state index in [0.717, 1.165) is 105 Å². The Hall–Kier alpha value is -10.5. The van der Waals surface area contributed by atoms with Crippen molar-refractivity contribution in [3.63, 3.8) is 0 Å². The SMILES string of the molecule is [C-]#[N+]c1ccccc1-c1ccc(-n2c3ccccc3c3cc(-c4cccc(C)c4)ccc32)c(-c2cccc(-n3c4ccccc4c4cc(-c5cccc(C)c5)ccc43)c2-c2nc(-c3ccccc3)nc(-c3ccccc3)n2)c1. The number of para-hydroxylation sites is 3. The van der Waals surface area contributed by atoms with Crippen LogP contribution in [0.15, 0.2) is 255 Å². The normalized spacial score (nSPS) is 11.4. The third-order valence-electron chi connectivity index (χ3n) is 15.1. The first kappa shape index (κ1) is 46.1. The summed E-state index contributed by atoms with van der Waals surface area (Å²) in [6.07, 6.45) is 0. The van der Waals surface area contributed by atoms with Crippen LogP contribution in [-0.4, -0.2) is 24.1 Å². The van der Waals surface area contributed by atoms with Crippen LogP contribution in [0.25, 0.3) is 139 Å². The van der Waals surface area contributed by atoms with Crippen LogP contribution >= 0.6 is 0 Å². The quantitative estimate of drug-likeness (QED) is 0.135. The van der Waals surface area contributed by atoms with Gasteiger partial charge in [0.1, 0.15) is 0 Å². The summed E-state index contributed by atoms with van der Waals surface area (Å²) in [6.45, 7) is 12.6. The summed E-state index contributed by atoms with van der Waals surface area (Å²) < 4.78 is 4.80. The maximum absolute atomic E-state index is 8.31. The van der Waals surface area contributed by atoms with Gasteiger partial charge in [-0.2, -0.15) is 0 Å². The van der Waals surface area contributed by atoms with Crippen molar-refractivity contribution in [1.82, 2.24) is 24.1 Å². The van der Waals surface area contributed by atoms with E-state index in [1.165, 1.54) is 22.3 Å². The molecular formula is C72H48N6. The molecule has 366 valence electrons. The molecule has 78 heavy (non-hydrogen) atoms. The summed E-state index contributed by atoms with van der Waals surface area (Å²) in [5.74, 6) is 1.66. The average Bonchev–Trinajstić information content (AvgIpc) is 4.24. The minimum absolute atomic E-state index is 0.526. The minimum Gasteiger partial charge on any atom is -0.309 e. The van der Waals surface area contributed by atoms with Crippen molar-refractivity contribution in [2.45, 2.75) is 13.8 Å². The summed E-state index contributed by atoms with van der Waals surface area (Å²) in [6, 6.07) is 90.0.